The second kappa shape index (κ2) is 7.96. The molecule has 0 radical (unpaired) electrons. The number of hydrogen-bond donors (Lipinski definition) is 0. The molecule has 0 atom stereocenters. The van der Waals surface area contributed by atoms with Gasteiger partial charge in [-0.25, -0.2) is 4.98 Å². The van der Waals surface area contributed by atoms with Crippen LogP contribution < -0.4 is 5.56 Å². The van der Waals surface area contributed by atoms with Crippen molar-refractivity contribution >= 4 is 21.6 Å². The Morgan fingerprint density at radius 3 is 2.69 bits per heavy atom. The van der Waals surface area contributed by atoms with Gasteiger partial charge in [-0.2, -0.15) is 0 Å². The maximum absolute atomic E-state index is 13.2. The van der Waals surface area contributed by atoms with E-state index in [0.29, 0.717) is 6.54 Å². The summed E-state index contributed by atoms with van der Waals surface area (Å²) in [5.41, 5.74) is 6.49. The minimum absolute atomic E-state index is 0.0806. The summed E-state index contributed by atoms with van der Waals surface area (Å²) in [4.78, 5) is 18.7. The van der Waals surface area contributed by atoms with Gasteiger partial charge in [0.2, 0.25) is 0 Å². The molecule has 4 heteroatoms. The SMILES string of the molecule is O=c1c2c(-c3ccc4c(c3)CCCC4)csc2ncn1CCCc1ccccc1. The molecule has 29 heavy (non-hydrogen) atoms. The molecular weight excluding hydrogens is 376 g/mol. The molecule has 0 aliphatic heterocycles. The fourth-order valence-corrected chi connectivity index (χ4v) is 5.24. The largest absolute Gasteiger partial charge is 0.299 e. The molecule has 5 rings (SSSR count). The van der Waals surface area contributed by atoms with E-state index >= 15 is 0 Å². The van der Waals surface area contributed by atoms with Crippen molar-refractivity contribution < 1.29 is 0 Å². The van der Waals surface area contributed by atoms with Crippen LogP contribution in [0.3, 0.4) is 0 Å². The third kappa shape index (κ3) is 3.65. The summed E-state index contributed by atoms with van der Waals surface area (Å²) in [5, 5.41) is 2.87. The molecule has 2 heterocycles. The van der Waals surface area contributed by atoms with Gasteiger partial charge in [-0.1, -0.05) is 48.5 Å². The van der Waals surface area contributed by atoms with Gasteiger partial charge in [0, 0.05) is 17.5 Å². The summed E-state index contributed by atoms with van der Waals surface area (Å²) in [7, 11) is 0. The van der Waals surface area contributed by atoms with Crippen molar-refractivity contribution in [3.05, 3.63) is 87.3 Å². The van der Waals surface area contributed by atoms with E-state index in [4.69, 9.17) is 0 Å². The van der Waals surface area contributed by atoms with Gasteiger partial charge in [0.05, 0.1) is 11.7 Å². The van der Waals surface area contributed by atoms with Crippen LogP contribution in [0.15, 0.2) is 65.0 Å². The summed E-state index contributed by atoms with van der Waals surface area (Å²) >= 11 is 1.57. The molecule has 3 nitrogen and oxygen atoms in total. The highest BCUT2D eigenvalue weighted by atomic mass is 32.1. The monoisotopic (exact) mass is 400 g/mol. The molecule has 0 spiro atoms. The molecule has 2 aromatic carbocycles. The van der Waals surface area contributed by atoms with Crippen LogP contribution in [0, 0.1) is 0 Å². The molecule has 2 aromatic heterocycles. The number of aryl methyl sites for hydroxylation is 4. The highest BCUT2D eigenvalue weighted by Crippen LogP contribution is 2.33. The number of aromatic nitrogens is 2. The highest BCUT2D eigenvalue weighted by molar-refractivity contribution is 7.17. The molecule has 0 unspecified atom stereocenters. The lowest BCUT2D eigenvalue weighted by Gasteiger charge is -2.16. The molecule has 0 saturated heterocycles. The molecule has 1 aliphatic carbocycles. The Kier molecular flexibility index (Phi) is 5.03. The van der Waals surface area contributed by atoms with Crippen molar-refractivity contribution in [3.8, 4) is 11.1 Å². The van der Waals surface area contributed by atoms with Gasteiger partial charge < -0.3 is 0 Å². The Bertz CT molecular complexity index is 1210. The van der Waals surface area contributed by atoms with E-state index in [0.717, 1.165) is 40.6 Å². The van der Waals surface area contributed by atoms with Crippen LogP contribution >= 0.6 is 11.3 Å². The summed E-state index contributed by atoms with van der Waals surface area (Å²) in [6.45, 7) is 0.691. The van der Waals surface area contributed by atoms with E-state index in [9.17, 15) is 4.79 Å². The van der Waals surface area contributed by atoms with E-state index in [-0.39, 0.29) is 5.56 Å². The Hall–Kier alpha value is -2.72. The lowest BCUT2D eigenvalue weighted by atomic mass is 9.89. The zero-order valence-electron chi connectivity index (χ0n) is 16.4. The van der Waals surface area contributed by atoms with Crippen LogP contribution in [-0.4, -0.2) is 9.55 Å². The van der Waals surface area contributed by atoms with E-state index in [1.807, 2.05) is 6.07 Å². The predicted octanol–water partition coefficient (Wildman–Crippen LogP) is 5.64. The first-order valence-electron chi connectivity index (χ1n) is 10.4. The summed E-state index contributed by atoms with van der Waals surface area (Å²) in [6, 6.07) is 17.2. The van der Waals surface area contributed by atoms with Crippen LogP contribution in [0.2, 0.25) is 0 Å². The van der Waals surface area contributed by atoms with Crippen LogP contribution in [0.5, 0.6) is 0 Å². The first-order valence-corrected chi connectivity index (χ1v) is 11.3. The average molecular weight is 401 g/mol. The van der Waals surface area contributed by atoms with Crippen LogP contribution in [0.4, 0.5) is 0 Å². The third-order valence-corrected chi connectivity index (χ3v) is 6.81. The summed E-state index contributed by atoms with van der Waals surface area (Å²) in [5.74, 6) is 0. The number of hydrogen-bond acceptors (Lipinski definition) is 3. The van der Waals surface area contributed by atoms with Gasteiger partial charge in [0.25, 0.3) is 5.56 Å². The Balaban J connectivity index is 1.45. The quantitative estimate of drug-likeness (QED) is 0.435. The van der Waals surface area contributed by atoms with Crippen molar-refractivity contribution in [1.29, 1.82) is 0 Å². The maximum Gasteiger partial charge on any atom is 0.262 e. The normalized spacial score (nSPS) is 13.5. The number of thiophene rings is 1. The molecular formula is C25H24N2OS. The maximum atomic E-state index is 13.2. The number of benzene rings is 2. The molecule has 0 bridgehead atoms. The van der Waals surface area contributed by atoms with E-state index in [2.05, 4.69) is 52.8 Å². The van der Waals surface area contributed by atoms with Crippen LogP contribution in [-0.2, 0) is 25.8 Å². The molecule has 4 aromatic rings. The van der Waals surface area contributed by atoms with E-state index in [1.165, 1.54) is 36.0 Å². The molecule has 0 fully saturated rings. The molecule has 0 amide bonds. The summed E-state index contributed by atoms with van der Waals surface area (Å²) in [6.07, 6.45) is 8.47. The van der Waals surface area contributed by atoms with Crippen molar-refractivity contribution in [2.24, 2.45) is 0 Å². The first-order chi connectivity index (χ1) is 14.3. The molecule has 0 saturated carbocycles. The number of nitrogens with zero attached hydrogens (tertiary/aromatic N) is 2. The van der Waals surface area contributed by atoms with E-state index in [1.54, 1.807) is 22.2 Å². The molecule has 0 N–H and O–H groups in total. The number of rotatable bonds is 5. The van der Waals surface area contributed by atoms with Crippen molar-refractivity contribution in [1.82, 2.24) is 9.55 Å². The predicted molar refractivity (Wildman–Crippen MR) is 121 cm³/mol. The second-order valence-electron chi connectivity index (χ2n) is 7.85. The van der Waals surface area contributed by atoms with Crippen molar-refractivity contribution in [2.75, 3.05) is 0 Å². The van der Waals surface area contributed by atoms with Gasteiger partial charge >= 0.3 is 0 Å². The third-order valence-electron chi connectivity index (χ3n) is 5.93. The van der Waals surface area contributed by atoms with Crippen LogP contribution in [0.1, 0.15) is 36.0 Å². The lowest BCUT2D eigenvalue weighted by molar-refractivity contribution is 0.618. The van der Waals surface area contributed by atoms with Gasteiger partial charge in [0.15, 0.2) is 0 Å². The fraction of sp³-hybridized carbons (Fsp3) is 0.280. The average Bonchev–Trinajstić information content (AvgIpc) is 3.21. The Labute approximate surface area is 174 Å². The standard InChI is InChI=1S/C25H24N2OS/c28-25-23-22(21-13-12-19-10-4-5-11-20(19)15-21)16-29-24(23)26-17-27(25)14-6-9-18-7-2-1-3-8-18/h1-3,7-8,12-13,15-17H,4-6,9-11,14H2. The number of fused-ring (bicyclic) bond motifs is 2. The fourth-order valence-electron chi connectivity index (χ4n) is 4.34. The Morgan fingerprint density at radius 1 is 1.00 bits per heavy atom. The minimum atomic E-state index is 0.0806. The zero-order chi connectivity index (χ0) is 19.6. The van der Waals surface area contributed by atoms with E-state index < -0.39 is 0 Å². The van der Waals surface area contributed by atoms with Gasteiger partial charge in [-0.3, -0.25) is 9.36 Å². The van der Waals surface area contributed by atoms with Gasteiger partial charge in [-0.05, 0) is 60.8 Å². The summed E-state index contributed by atoms with van der Waals surface area (Å²) < 4.78 is 1.78. The van der Waals surface area contributed by atoms with Crippen molar-refractivity contribution in [2.45, 2.75) is 45.1 Å². The second-order valence-corrected chi connectivity index (χ2v) is 8.71. The molecule has 146 valence electrons. The zero-order valence-corrected chi connectivity index (χ0v) is 17.3. The topological polar surface area (TPSA) is 34.9 Å². The smallest absolute Gasteiger partial charge is 0.262 e. The molecule has 1 aliphatic rings. The Morgan fingerprint density at radius 2 is 1.83 bits per heavy atom. The van der Waals surface area contributed by atoms with Crippen molar-refractivity contribution in [3.63, 3.8) is 0 Å². The highest BCUT2D eigenvalue weighted by Gasteiger charge is 2.16. The lowest BCUT2D eigenvalue weighted by Crippen LogP contribution is -2.20. The van der Waals surface area contributed by atoms with Gasteiger partial charge in [-0.15, -0.1) is 11.3 Å². The van der Waals surface area contributed by atoms with Gasteiger partial charge in [0.1, 0.15) is 4.83 Å². The first kappa shape index (κ1) is 18.3. The minimum Gasteiger partial charge on any atom is -0.299 e. The van der Waals surface area contributed by atoms with Crippen LogP contribution in [0.25, 0.3) is 21.3 Å².